The molecule has 6 heterocycles. The fraction of sp³-hybridized carbons (Fsp3) is 0.698. The Kier molecular flexibility index (Phi) is 15.4. The normalized spacial score (nSPS) is 26.4. The molecule has 9 rings (SSSR count). The van der Waals surface area contributed by atoms with Gasteiger partial charge in [0.25, 0.3) is 0 Å². The monoisotopic (exact) mass is 963 g/mol. The van der Waals surface area contributed by atoms with Gasteiger partial charge in [-0.1, -0.05) is 31.1 Å². The van der Waals surface area contributed by atoms with Crippen molar-refractivity contribution < 1.29 is 36.6 Å². The highest BCUT2D eigenvalue weighted by Gasteiger charge is 2.53. The zero-order valence-electron chi connectivity index (χ0n) is 40.6. The van der Waals surface area contributed by atoms with Gasteiger partial charge >= 0.3 is 5.97 Å². The average molecular weight is 963 g/mol. The van der Waals surface area contributed by atoms with Gasteiger partial charge in [0, 0.05) is 108 Å². The minimum Gasteiger partial charge on any atom is -0.469 e. The lowest BCUT2D eigenvalue weighted by Crippen LogP contribution is -2.57. The molecule has 3 atom stereocenters. The Bertz CT molecular complexity index is 2210. The molecule has 2 aromatic carbocycles. The van der Waals surface area contributed by atoms with E-state index in [-0.39, 0.29) is 58.8 Å². The number of hydrogen-bond acceptors (Lipinski definition) is 11. The van der Waals surface area contributed by atoms with E-state index >= 15 is 4.39 Å². The van der Waals surface area contributed by atoms with E-state index < -0.39 is 26.9 Å². The molecule has 374 valence electrons. The maximum atomic E-state index is 15.4. The van der Waals surface area contributed by atoms with Crippen molar-refractivity contribution in [1.29, 1.82) is 0 Å². The smallest absolute Gasteiger partial charge is 0.305 e. The summed E-state index contributed by atoms with van der Waals surface area (Å²) in [5.41, 5.74) is 1.66. The zero-order chi connectivity index (χ0) is 47.6. The average Bonchev–Trinajstić information content (AvgIpc) is 3.74. The van der Waals surface area contributed by atoms with Crippen LogP contribution in [-0.4, -0.2) is 172 Å². The molecule has 1 aliphatic carbocycles. The predicted molar refractivity (Wildman–Crippen MR) is 260 cm³/mol. The van der Waals surface area contributed by atoms with E-state index in [1.807, 2.05) is 36.1 Å². The zero-order valence-corrected chi connectivity index (χ0v) is 41.4. The number of likely N-dealkylation sites (tertiary alicyclic amines) is 5. The number of aliphatic hydroxyl groups is 1. The second kappa shape index (κ2) is 21.1. The summed E-state index contributed by atoms with van der Waals surface area (Å²) in [6.07, 6.45) is 12.9. The molecule has 15 heteroatoms. The van der Waals surface area contributed by atoms with E-state index in [2.05, 4.69) is 25.7 Å². The Hall–Kier alpha value is -3.47. The number of anilines is 1. The van der Waals surface area contributed by atoms with Crippen LogP contribution in [0, 0.1) is 29.5 Å². The van der Waals surface area contributed by atoms with Crippen LogP contribution in [0.2, 0.25) is 0 Å². The fourth-order valence-electron chi connectivity index (χ4n) is 13.2. The van der Waals surface area contributed by atoms with Gasteiger partial charge in [0.15, 0.2) is 9.84 Å². The molecule has 1 N–H and O–H groups in total. The number of amides is 1. The van der Waals surface area contributed by atoms with Gasteiger partial charge in [0.05, 0.1) is 17.6 Å². The molecule has 2 aromatic rings. The van der Waals surface area contributed by atoms with Crippen molar-refractivity contribution in [3.8, 4) is 0 Å². The molecular formula is C53H76F2N6O6S. The third-order valence-electron chi connectivity index (χ3n) is 17.2. The van der Waals surface area contributed by atoms with Crippen molar-refractivity contribution in [2.75, 3.05) is 110 Å². The Morgan fingerprint density at radius 2 is 1.59 bits per heavy atom. The number of piperidine rings is 3. The van der Waals surface area contributed by atoms with Crippen LogP contribution in [0.1, 0.15) is 88.7 Å². The molecule has 0 bridgehead atoms. The van der Waals surface area contributed by atoms with Gasteiger partial charge in [-0.15, -0.1) is 0 Å². The summed E-state index contributed by atoms with van der Waals surface area (Å²) in [6, 6.07) is 12.9. The molecule has 7 fully saturated rings. The van der Waals surface area contributed by atoms with E-state index in [1.54, 1.807) is 23.1 Å². The number of carbonyl (C=O) groups excluding carboxylic acids is 2. The number of esters is 1. The topological polar surface area (TPSA) is 117 Å². The molecule has 6 saturated heterocycles. The van der Waals surface area contributed by atoms with Crippen molar-refractivity contribution in [3.63, 3.8) is 0 Å². The predicted octanol–water partition coefficient (Wildman–Crippen LogP) is 5.92. The molecule has 0 unspecified atom stereocenters. The van der Waals surface area contributed by atoms with Gasteiger partial charge in [-0.25, -0.2) is 17.2 Å². The van der Waals surface area contributed by atoms with E-state index in [4.69, 9.17) is 4.74 Å². The molecule has 1 amide bonds. The van der Waals surface area contributed by atoms with E-state index in [9.17, 15) is 27.5 Å². The van der Waals surface area contributed by atoms with Gasteiger partial charge in [-0.2, -0.15) is 0 Å². The number of rotatable bonds is 17. The summed E-state index contributed by atoms with van der Waals surface area (Å²) in [5.74, 6) is 0.518. The second-order valence-corrected chi connectivity index (χ2v) is 24.2. The van der Waals surface area contributed by atoms with Gasteiger partial charge in [0.2, 0.25) is 5.91 Å². The number of ether oxygens (including phenoxy) is 1. The van der Waals surface area contributed by atoms with Crippen LogP contribution in [0.15, 0.2) is 59.5 Å². The third kappa shape index (κ3) is 11.0. The molecule has 0 aromatic heterocycles. The van der Waals surface area contributed by atoms with E-state index in [1.165, 1.54) is 32.4 Å². The molecule has 0 spiro atoms. The molecular weight excluding hydrogens is 887 g/mol. The minimum atomic E-state index is -3.73. The van der Waals surface area contributed by atoms with Crippen LogP contribution in [-0.2, 0) is 36.1 Å². The summed E-state index contributed by atoms with van der Waals surface area (Å²) in [5, 5.41) is 10.2. The molecule has 1 saturated carbocycles. The highest BCUT2D eigenvalue weighted by molar-refractivity contribution is 7.92. The van der Waals surface area contributed by atoms with Crippen LogP contribution < -0.4 is 4.90 Å². The summed E-state index contributed by atoms with van der Waals surface area (Å²) in [4.78, 5) is 39.4. The summed E-state index contributed by atoms with van der Waals surface area (Å²) < 4.78 is 62.8. The van der Waals surface area contributed by atoms with Crippen molar-refractivity contribution in [2.45, 2.75) is 111 Å². The number of benzene rings is 2. The first kappa shape index (κ1) is 49.5. The number of hydrogen-bond donors (Lipinski definition) is 1. The number of sulfone groups is 1. The SMILES string of the molecule is COC(=O)C[C@H]1CCC[C@@H]1[C@](CN1CCC(C)(O)CC1)(c1cccc(F)c1)C1CCN(CC2CN(c3ccc(S(=O)(=O)C4CN(C(=O)/C=C/CN5CCCCC5)C4)c(CN4CC(F)C4)c3)C2)CC1. The Morgan fingerprint density at radius 1 is 0.853 bits per heavy atom. The quantitative estimate of drug-likeness (QED) is 0.151. The highest BCUT2D eigenvalue weighted by atomic mass is 32.2. The van der Waals surface area contributed by atoms with Gasteiger partial charge < -0.3 is 29.4 Å². The van der Waals surface area contributed by atoms with Crippen molar-refractivity contribution in [3.05, 3.63) is 71.6 Å². The number of methoxy groups -OCH3 is 1. The lowest BCUT2D eigenvalue weighted by atomic mass is 9.56. The third-order valence-corrected chi connectivity index (χ3v) is 19.4. The first-order chi connectivity index (χ1) is 32.7. The first-order valence-electron chi connectivity index (χ1n) is 25.8. The molecule has 6 aliphatic heterocycles. The fourth-order valence-corrected chi connectivity index (χ4v) is 15.0. The summed E-state index contributed by atoms with van der Waals surface area (Å²) >= 11 is 0. The minimum absolute atomic E-state index is 0.147. The second-order valence-electron chi connectivity index (χ2n) is 22.0. The van der Waals surface area contributed by atoms with Crippen LogP contribution in [0.4, 0.5) is 14.5 Å². The standard InChI is InChI=1S/C53H76F2N6O6S/c1-52(64)18-25-58(26-19-52)38-53(43-10-7-11-44(54)29-43,48-12-6-9-40(48)28-51(63)67-2)42-16-23-57(24-17-42)30-39-31-60(32-39)46-14-15-49(41(27-46)33-59-34-45(55)35-59)68(65,66)47-36-61(37-47)50(62)13-8-22-56-20-4-3-5-21-56/h7-8,10-11,13-15,27,29,39-40,42,45,47-48,64H,3-6,9,12,16-26,28,30-38H2,1-2H3/b13-8+/t40-,48+,53+/m1/s1. The van der Waals surface area contributed by atoms with Gasteiger partial charge in [-0.3, -0.25) is 19.4 Å². The van der Waals surface area contributed by atoms with Crippen molar-refractivity contribution in [1.82, 2.24) is 24.5 Å². The molecule has 12 nitrogen and oxygen atoms in total. The first-order valence-corrected chi connectivity index (χ1v) is 27.4. The Morgan fingerprint density at radius 3 is 2.28 bits per heavy atom. The maximum Gasteiger partial charge on any atom is 0.305 e. The molecule has 0 radical (unpaired) electrons. The van der Waals surface area contributed by atoms with Crippen molar-refractivity contribution in [2.24, 2.45) is 23.7 Å². The van der Waals surface area contributed by atoms with E-state index in [0.717, 1.165) is 115 Å². The number of alkyl halides is 1. The number of nitrogens with zero attached hydrogens (tertiary/aromatic N) is 6. The Balaban J connectivity index is 0.845. The molecule has 68 heavy (non-hydrogen) atoms. The van der Waals surface area contributed by atoms with Crippen LogP contribution in [0.25, 0.3) is 0 Å². The largest absolute Gasteiger partial charge is 0.469 e. The Labute approximate surface area is 403 Å². The lowest BCUT2D eigenvalue weighted by molar-refractivity contribution is -0.142. The summed E-state index contributed by atoms with van der Waals surface area (Å²) in [6.45, 7) is 12.9. The van der Waals surface area contributed by atoms with Gasteiger partial charge in [0.1, 0.15) is 17.2 Å². The van der Waals surface area contributed by atoms with Crippen LogP contribution in [0.3, 0.4) is 0 Å². The number of carbonyl (C=O) groups is 2. The van der Waals surface area contributed by atoms with Crippen LogP contribution >= 0.6 is 0 Å². The lowest BCUT2D eigenvalue weighted by Gasteiger charge is -2.54. The highest BCUT2D eigenvalue weighted by Crippen LogP contribution is 2.54. The van der Waals surface area contributed by atoms with E-state index in [0.29, 0.717) is 50.4 Å². The maximum absolute atomic E-state index is 15.4. The van der Waals surface area contributed by atoms with Crippen molar-refractivity contribution >= 4 is 27.4 Å². The summed E-state index contributed by atoms with van der Waals surface area (Å²) in [7, 11) is -2.26. The van der Waals surface area contributed by atoms with Crippen LogP contribution in [0.5, 0.6) is 0 Å². The van der Waals surface area contributed by atoms with Gasteiger partial charge in [-0.05, 0) is 144 Å². The number of halogens is 2. The molecule has 7 aliphatic rings.